The summed E-state index contributed by atoms with van der Waals surface area (Å²) in [7, 11) is 0. The van der Waals surface area contributed by atoms with Crippen LogP contribution in [0.15, 0.2) is 22.6 Å². The summed E-state index contributed by atoms with van der Waals surface area (Å²) >= 11 is 2.02. The third-order valence-corrected chi connectivity index (χ3v) is 2.07. The highest BCUT2D eigenvalue weighted by Crippen LogP contribution is 2.17. The molecule has 1 aromatic heterocycles. The lowest BCUT2D eigenvalue weighted by Gasteiger charge is -1.92. The highest BCUT2D eigenvalue weighted by molar-refractivity contribution is 14.1. The number of nitrogens with zero attached hydrogens (tertiary/aromatic N) is 1. The second-order valence-corrected chi connectivity index (χ2v) is 3.35. The van der Waals surface area contributed by atoms with Gasteiger partial charge in [0.2, 0.25) is 0 Å². The zero-order valence-corrected chi connectivity index (χ0v) is 8.28. The molecule has 0 bridgehead atoms. The summed E-state index contributed by atoms with van der Waals surface area (Å²) in [6, 6.07) is 5.46. The van der Waals surface area contributed by atoms with Crippen molar-refractivity contribution in [1.82, 2.24) is 4.98 Å². The first-order chi connectivity index (χ1) is 5.79. The second kappa shape index (κ2) is 3.02. The number of aliphatic hydroxyl groups is 1. The minimum atomic E-state index is 0.0411. The van der Waals surface area contributed by atoms with Gasteiger partial charge < -0.3 is 9.52 Å². The molecular weight excluding hydrogens is 269 g/mol. The van der Waals surface area contributed by atoms with E-state index >= 15 is 0 Å². The lowest BCUT2D eigenvalue weighted by atomic mass is 10.2. The van der Waals surface area contributed by atoms with Crippen LogP contribution in [0.25, 0.3) is 11.1 Å². The fraction of sp³-hybridized carbons (Fsp3) is 0.125. The monoisotopic (exact) mass is 275 g/mol. The maximum absolute atomic E-state index is 8.84. The number of halogens is 1. The van der Waals surface area contributed by atoms with E-state index < -0.39 is 0 Å². The smallest absolute Gasteiger partial charge is 0.258 e. The van der Waals surface area contributed by atoms with Crippen LogP contribution in [0.1, 0.15) is 5.56 Å². The van der Waals surface area contributed by atoms with Crippen LogP contribution in [0.3, 0.4) is 0 Å². The Labute approximate surface area is 82.5 Å². The molecule has 12 heavy (non-hydrogen) atoms. The first-order valence-corrected chi connectivity index (χ1v) is 4.53. The van der Waals surface area contributed by atoms with Gasteiger partial charge in [0.05, 0.1) is 6.61 Å². The lowest BCUT2D eigenvalue weighted by molar-refractivity contribution is 0.282. The Balaban J connectivity index is 2.66. The normalized spacial score (nSPS) is 10.8. The van der Waals surface area contributed by atoms with Crippen molar-refractivity contribution in [2.24, 2.45) is 0 Å². The fourth-order valence-electron chi connectivity index (χ4n) is 1.04. The molecule has 0 saturated carbocycles. The van der Waals surface area contributed by atoms with E-state index in [-0.39, 0.29) is 6.61 Å². The Hall–Kier alpha value is -0.620. The molecule has 0 aliphatic rings. The zero-order valence-electron chi connectivity index (χ0n) is 6.12. The molecule has 3 nitrogen and oxygen atoms in total. The van der Waals surface area contributed by atoms with Gasteiger partial charge in [0.25, 0.3) is 3.90 Å². The van der Waals surface area contributed by atoms with Crippen LogP contribution < -0.4 is 0 Å². The molecule has 0 aliphatic carbocycles. The van der Waals surface area contributed by atoms with Gasteiger partial charge in [-0.05, 0) is 17.7 Å². The van der Waals surface area contributed by atoms with Gasteiger partial charge in [-0.2, -0.15) is 0 Å². The number of benzene rings is 1. The number of aromatic nitrogens is 1. The molecule has 1 heterocycles. The van der Waals surface area contributed by atoms with E-state index in [1.165, 1.54) is 0 Å². The molecule has 1 aromatic carbocycles. The molecule has 0 radical (unpaired) electrons. The summed E-state index contributed by atoms with van der Waals surface area (Å²) in [6.45, 7) is 0.0411. The van der Waals surface area contributed by atoms with Crippen molar-refractivity contribution in [3.05, 3.63) is 27.7 Å². The summed E-state index contributed by atoms with van der Waals surface area (Å²) in [5.74, 6) is 0. The van der Waals surface area contributed by atoms with Crippen molar-refractivity contribution >= 4 is 33.7 Å². The number of fused-ring (bicyclic) bond motifs is 1. The van der Waals surface area contributed by atoms with Gasteiger partial charge in [-0.3, -0.25) is 0 Å². The highest BCUT2D eigenvalue weighted by atomic mass is 127. The Kier molecular flexibility index (Phi) is 2.02. The molecule has 0 saturated heterocycles. The van der Waals surface area contributed by atoms with Crippen LogP contribution in [0, 0.1) is 3.90 Å². The molecule has 2 aromatic rings. The highest BCUT2D eigenvalue weighted by Gasteiger charge is 2.02. The van der Waals surface area contributed by atoms with Gasteiger partial charge in [0.15, 0.2) is 5.58 Å². The average Bonchev–Trinajstić information content (AvgIpc) is 2.43. The van der Waals surface area contributed by atoms with Gasteiger partial charge in [-0.15, -0.1) is 0 Å². The molecule has 2 rings (SSSR count). The number of oxazole rings is 1. The number of rotatable bonds is 1. The largest absolute Gasteiger partial charge is 0.432 e. The average molecular weight is 275 g/mol. The van der Waals surface area contributed by atoms with Crippen LogP contribution in [0.5, 0.6) is 0 Å². The summed E-state index contributed by atoms with van der Waals surface area (Å²) in [4.78, 5) is 4.13. The Morgan fingerprint density at radius 1 is 1.50 bits per heavy atom. The SMILES string of the molecule is OCc1ccc2oc(I)nc2c1. The number of hydrogen-bond donors (Lipinski definition) is 1. The first-order valence-electron chi connectivity index (χ1n) is 3.45. The van der Waals surface area contributed by atoms with Crippen molar-refractivity contribution in [2.45, 2.75) is 6.61 Å². The van der Waals surface area contributed by atoms with Crippen molar-refractivity contribution in [3.63, 3.8) is 0 Å². The van der Waals surface area contributed by atoms with Gasteiger partial charge in [0.1, 0.15) is 5.52 Å². The maximum Gasteiger partial charge on any atom is 0.258 e. The fourth-order valence-corrected chi connectivity index (χ4v) is 1.54. The van der Waals surface area contributed by atoms with Crippen LogP contribution >= 0.6 is 22.6 Å². The molecule has 1 N–H and O–H groups in total. The van der Waals surface area contributed by atoms with Crippen molar-refractivity contribution in [2.75, 3.05) is 0 Å². The summed E-state index contributed by atoms with van der Waals surface area (Å²) in [5, 5.41) is 8.84. The summed E-state index contributed by atoms with van der Waals surface area (Å²) in [6.07, 6.45) is 0. The minimum Gasteiger partial charge on any atom is -0.432 e. The van der Waals surface area contributed by atoms with E-state index in [9.17, 15) is 0 Å². The zero-order chi connectivity index (χ0) is 8.55. The van der Waals surface area contributed by atoms with Crippen LogP contribution in [0.2, 0.25) is 0 Å². The van der Waals surface area contributed by atoms with Gasteiger partial charge in [-0.1, -0.05) is 6.07 Å². The predicted molar refractivity (Wildman–Crippen MR) is 52.6 cm³/mol. The molecule has 62 valence electrons. The van der Waals surface area contributed by atoms with E-state index in [0.717, 1.165) is 16.7 Å². The quantitative estimate of drug-likeness (QED) is 0.809. The molecule has 0 fully saturated rings. The number of aliphatic hydroxyl groups excluding tert-OH is 1. The standard InChI is InChI=1S/C8H6INO2/c9-8-10-6-3-5(4-11)1-2-7(6)12-8/h1-3,11H,4H2. The van der Waals surface area contributed by atoms with E-state index in [1.807, 2.05) is 40.8 Å². The van der Waals surface area contributed by atoms with E-state index in [1.54, 1.807) is 0 Å². The van der Waals surface area contributed by atoms with Gasteiger partial charge >= 0.3 is 0 Å². The first kappa shape index (κ1) is 8.00. The van der Waals surface area contributed by atoms with Crippen molar-refractivity contribution < 1.29 is 9.52 Å². The van der Waals surface area contributed by atoms with E-state index in [2.05, 4.69) is 4.98 Å². The summed E-state index contributed by atoms with van der Waals surface area (Å²) in [5.41, 5.74) is 2.41. The molecule has 0 spiro atoms. The molecule has 0 unspecified atom stereocenters. The Bertz CT molecular complexity index is 410. The number of hydrogen-bond acceptors (Lipinski definition) is 3. The van der Waals surface area contributed by atoms with Crippen molar-refractivity contribution in [3.8, 4) is 0 Å². The summed E-state index contributed by atoms with van der Waals surface area (Å²) < 4.78 is 5.88. The lowest BCUT2D eigenvalue weighted by Crippen LogP contribution is -1.80. The molecule has 4 heteroatoms. The topological polar surface area (TPSA) is 46.3 Å². The third-order valence-electron chi connectivity index (χ3n) is 1.61. The van der Waals surface area contributed by atoms with E-state index in [0.29, 0.717) is 3.90 Å². The van der Waals surface area contributed by atoms with Crippen molar-refractivity contribution in [1.29, 1.82) is 0 Å². The van der Waals surface area contributed by atoms with Gasteiger partial charge in [0, 0.05) is 22.6 Å². The second-order valence-electron chi connectivity index (χ2n) is 2.43. The Morgan fingerprint density at radius 3 is 3.08 bits per heavy atom. The molecule has 0 amide bonds. The van der Waals surface area contributed by atoms with Crippen LogP contribution in [0.4, 0.5) is 0 Å². The molecule has 0 aliphatic heterocycles. The van der Waals surface area contributed by atoms with E-state index in [4.69, 9.17) is 9.52 Å². The molecular formula is C8H6INO2. The third kappa shape index (κ3) is 1.32. The molecule has 0 atom stereocenters. The Morgan fingerprint density at radius 2 is 2.33 bits per heavy atom. The van der Waals surface area contributed by atoms with Crippen LogP contribution in [-0.4, -0.2) is 10.1 Å². The van der Waals surface area contributed by atoms with Crippen LogP contribution in [-0.2, 0) is 6.61 Å². The van der Waals surface area contributed by atoms with Gasteiger partial charge in [-0.25, -0.2) is 4.98 Å². The minimum absolute atomic E-state index is 0.0411. The predicted octanol–water partition coefficient (Wildman–Crippen LogP) is 1.92. The maximum atomic E-state index is 8.84.